The highest BCUT2D eigenvalue weighted by Crippen LogP contribution is 2.40. The molecule has 2 N–H and O–H groups in total. The number of hydrogen-bond donors (Lipinski definition) is 2. The number of nitrogens with zero attached hydrogens (tertiary/aromatic N) is 3. The minimum absolute atomic E-state index is 0.0105. The minimum Gasteiger partial charge on any atom is -0.495 e. The van der Waals surface area contributed by atoms with Crippen LogP contribution in [0.25, 0.3) is 0 Å². The van der Waals surface area contributed by atoms with Crippen molar-refractivity contribution >= 4 is 42.9 Å². The van der Waals surface area contributed by atoms with E-state index in [0.717, 1.165) is 25.2 Å². The van der Waals surface area contributed by atoms with Gasteiger partial charge in [0, 0.05) is 19.2 Å². The van der Waals surface area contributed by atoms with Gasteiger partial charge in [0.1, 0.15) is 22.3 Å². The first kappa shape index (κ1) is 26.1. The molecule has 1 aliphatic rings. The summed E-state index contributed by atoms with van der Waals surface area (Å²) in [5.41, 5.74) is 3.70. The number of likely N-dealkylation sites (N-methyl/N-ethyl adjacent to an activating group) is 1. The van der Waals surface area contributed by atoms with Crippen LogP contribution in [0.4, 0.5) is 31.9 Å². The summed E-state index contributed by atoms with van der Waals surface area (Å²) in [6.07, 6.45) is 2.43. The van der Waals surface area contributed by atoms with Crippen LogP contribution in [0.5, 0.6) is 17.2 Å². The maximum absolute atomic E-state index is 12.7. The average Bonchev–Trinajstić information content (AvgIpc) is 2.81. The Balaban J connectivity index is 1.61. The van der Waals surface area contributed by atoms with Crippen molar-refractivity contribution in [2.75, 3.05) is 44.7 Å². The van der Waals surface area contributed by atoms with Gasteiger partial charge in [0.25, 0.3) is 0 Å². The van der Waals surface area contributed by atoms with Crippen molar-refractivity contribution in [1.82, 2.24) is 14.9 Å². The second kappa shape index (κ2) is 11.4. The zero-order valence-electron chi connectivity index (χ0n) is 20.3. The number of aromatic nitrogens is 2. The Morgan fingerprint density at radius 3 is 2.61 bits per heavy atom. The van der Waals surface area contributed by atoms with Gasteiger partial charge in [0.05, 0.1) is 32.8 Å². The highest BCUT2D eigenvalue weighted by Gasteiger charge is 2.18. The van der Waals surface area contributed by atoms with E-state index in [1.54, 1.807) is 13.2 Å². The highest BCUT2D eigenvalue weighted by molar-refractivity contribution is 7.51. The van der Waals surface area contributed by atoms with Crippen LogP contribution in [0.2, 0.25) is 5.02 Å². The molecule has 4 rings (SSSR count). The van der Waals surface area contributed by atoms with E-state index < -0.39 is 14.8 Å². The van der Waals surface area contributed by atoms with E-state index in [-0.39, 0.29) is 10.8 Å². The summed E-state index contributed by atoms with van der Waals surface area (Å²) in [5, 5.41) is 6.61. The molecule has 8 nitrogen and oxygen atoms in total. The fourth-order valence-electron chi connectivity index (χ4n) is 3.81. The van der Waals surface area contributed by atoms with Gasteiger partial charge in [-0.05, 0) is 62.2 Å². The van der Waals surface area contributed by atoms with Crippen LogP contribution in [0.1, 0.15) is 11.1 Å². The first-order valence-corrected chi connectivity index (χ1v) is 13.6. The summed E-state index contributed by atoms with van der Waals surface area (Å²) < 4.78 is 41.3. The fourth-order valence-corrected chi connectivity index (χ4v) is 4.49. The Morgan fingerprint density at radius 1 is 1.08 bits per heavy atom. The molecule has 2 aromatic carbocycles. The van der Waals surface area contributed by atoms with E-state index in [9.17, 15) is 8.78 Å². The Morgan fingerprint density at radius 2 is 1.89 bits per heavy atom. The third kappa shape index (κ3) is 6.43. The summed E-state index contributed by atoms with van der Waals surface area (Å²) in [5.74, 6) is 1.64. The van der Waals surface area contributed by atoms with Crippen molar-refractivity contribution in [3.8, 4) is 17.2 Å². The summed E-state index contributed by atoms with van der Waals surface area (Å²) in [7, 11) is 2.87. The largest absolute Gasteiger partial charge is 0.495 e. The lowest BCUT2D eigenvalue weighted by Crippen LogP contribution is -2.26. The summed E-state index contributed by atoms with van der Waals surface area (Å²) in [6, 6.07) is 8.48. The predicted molar refractivity (Wildman–Crippen MR) is 139 cm³/mol. The number of rotatable bonds is 9. The van der Waals surface area contributed by atoms with E-state index in [0.29, 0.717) is 29.0 Å². The van der Waals surface area contributed by atoms with Gasteiger partial charge in [-0.15, -0.1) is 0 Å². The monoisotopic (exact) mass is 537 g/mol. The van der Waals surface area contributed by atoms with Crippen LogP contribution in [0, 0.1) is 0 Å². The van der Waals surface area contributed by atoms with Gasteiger partial charge < -0.3 is 29.5 Å². The molecule has 1 aromatic heterocycles. The molecule has 0 unspecified atom stereocenters. The van der Waals surface area contributed by atoms with Gasteiger partial charge in [-0.2, -0.15) is 13.8 Å². The van der Waals surface area contributed by atoms with Crippen molar-refractivity contribution in [3.63, 3.8) is 0 Å². The molecule has 36 heavy (non-hydrogen) atoms. The average molecular weight is 538 g/mol. The van der Waals surface area contributed by atoms with Gasteiger partial charge in [0.2, 0.25) is 5.95 Å². The number of halogens is 3. The molecule has 0 fully saturated rings. The molecule has 0 amide bonds. The first-order chi connectivity index (χ1) is 17.2. The van der Waals surface area contributed by atoms with E-state index >= 15 is 0 Å². The van der Waals surface area contributed by atoms with Crippen LogP contribution in [0.3, 0.4) is 0 Å². The van der Waals surface area contributed by atoms with E-state index in [4.69, 9.17) is 20.9 Å². The van der Waals surface area contributed by atoms with Crippen molar-refractivity contribution in [2.24, 2.45) is 0 Å². The molecule has 3 aromatic rings. The van der Waals surface area contributed by atoms with Crippen molar-refractivity contribution in [1.29, 1.82) is 0 Å². The second-order valence-corrected chi connectivity index (χ2v) is 10.6. The van der Waals surface area contributed by atoms with Gasteiger partial charge in [-0.3, -0.25) is 0 Å². The minimum atomic E-state index is -2.94. The predicted octanol–water partition coefficient (Wildman–Crippen LogP) is 6.25. The molecule has 192 valence electrons. The molecule has 1 aliphatic heterocycles. The smallest absolute Gasteiger partial charge is 0.387 e. The molecule has 2 heterocycles. The van der Waals surface area contributed by atoms with Crippen molar-refractivity contribution in [3.05, 3.63) is 52.7 Å². The number of nitrogens with one attached hydrogen (secondary N) is 2. The second-order valence-electron chi connectivity index (χ2n) is 8.39. The normalized spacial score (nSPS) is 13.5. The number of methoxy groups -OCH3 is 1. The van der Waals surface area contributed by atoms with E-state index in [1.807, 2.05) is 25.5 Å². The van der Waals surface area contributed by atoms with Gasteiger partial charge >= 0.3 is 6.61 Å². The molecule has 12 heteroatoms. The lowest BCUT2D eigenvalue weighted by molar-refractivity contribution is -0.0498. The lowest BCUT2D eigenvalue weighted by Gasteiger charge is -2.26. The molecular weight excluding hydrogens is 511 g/mol. The van der Waals surface area contributed by atoms with Gasteiger partial charge in [0.15, 0.2) is 5.82 Å². The summed E-state index contributed by atoms with van der Waals surface area (Å²) in [4.78, 5) is 11.1. The maximum Gasteiger partial charge on any atom is 0.387 e. The molecular formula is C24H27ClF2N5O3P. The fraction of sp³-hybridized carbons (Fsp3) is 0.333. The van der Waals surface area contributed by atoms with Crippen molar-refractivity contribution in [2.45, 2.75) is 19.6 Å². The third-order valence-electron chi connectivity index (χ3n) is 5.43. The lowest BCUT2D eigenvalue weighted by atomic mass is 9.99. The van der Waals surface area contributed by atoms with Crippen LogP contribution in [-0.4, -0.2) is 55.5 Å². The molecule has 0 aliphatic carbocycles. The Kier molecular flexibility index (Phi) is 8.28. The zero-order chi connectivity index (χ0) is 25.8. The number of hydrogen-bond acceptors (Lipinski definition) is 8. The number of fused-ring (bicyclic) bond motifs is 1. The van der Waals surface area contributed by atoms with Gasteiger partial charge in [-0.1, -0.05) is 11.6 Å². The van der Waals surface area contributed by atoms with E-state index in [2.05, 4.69) is 37.3 Å². The molecule has 0 radical (unpaired) electrons. The Labute approximate surface area is 214 Å². The van der Waals surface area contributed by atoms with E-state index in [1.165, 1.54) is 29.5 Å². The summed E-state index contributed by atoms with van der Waals surface area (Å²) in [6.45, 7) is 2.68. The van der Waals surface area contributed by atoms with Crippen LogP contribution in [0.15, 0.2) is 36.5 Å². The topological polar surface area (TPSA) is 80.8 Å². The van der Waals surface area contributed by atoms with Gasteiger partial charge in [-0.25, -0.2) is 4.98 Å². The van der Waals surface area contributed by atoms with Crippen LogP contribution in [-0.2, 0) is 13.0 Å². The zero-order valence-corrected chi connectivity index (χ0v) is 22.0. The summed E-state index contributed by atoms with van der Waals surface area (Å²) >= 11 is 6.37. The Bertz CT molecular complexity index is 1230. The van der Waals surface area contributed by atoms with Crippen LogP contribution >= 0.6 is 19.7 Å². The number of benzene rings is 2. The molecule has 0 bridgehead atoms. The number of alkyl halides is 2. The number of ether oxygens (including phenoxy) is 2. The Hall–Kier alpha value is -2.94. The maximum atomic E-state index is 12.7. The molecule has 0 saturated heterocycles. The quantitative estimate of drug-likeness (QED) is 0.310. The van der Waals surface area contributed by atoms with Crippen molar-refractivity contribution < 1.29 is 22.8 Å². The first-order valence-electron chi connectivity index (χ1n) is 11.1. The standard InChI is InChI=1S/C24H27ClF2N5O3P/c1-32-8-7-14-10-20(33-2)19(9-15(14)13-32)30-24-28-12-17(25)22(31-24)29-18-6-5-16(34-23(26)27)11-21(18)35-36(3)4/h5-6,9-12,23H,7-8,13H2,1-4H3,(H2,28,29,30,31). The number of anilines is 4. The van der Waals surface area contributed by atoms with Crippen LogP contribution < -0.4 is 24.6 Å². The molecule has 0 spiro atoms. The molecule has 0 saturated carbocycles. The third-order valence-corrected chi connectivity index (χ3v) is 6.27. The highest BCUT2D eigenvalue weighted by atomic mass is 35.5. The molecule has 0 atom stereocenters. The SMILES string of the molecule is COc1cc2c(cc1Nc1ncc(Cl)c(Nc3ccc(OC(F)F)cc3OP(C)C)n1)CN(C)CC2.